The molecule has 1 aromatic carbocycles. The van der Waals surface area contributed by atoms with Gasteiger partial charge in [0.25, 0.3) is 0 Å². The standard InChI is InChI=1S/C14H14N2O4S.ClH/c17-13-4-1-8-5-9(2-3-12(8)20-13)21(18,19)16-14-10-6-15-7-11(10)14;/h1-5,10-11,14-16H,6-7H2;1H. The molecule has 1 saturated carbocycles. The van der Waals surface area contributed by atoms with Crippen LogP contribution < -0.4 is 15.7 Å². The molecular weight excluding hydrogens is 328 g/mol. The SMILES string of the molecule is Cl.O=c1ccc2cc(S(=O)(=O)NC3C4CNCC43)ccc2o1. The van der Waals surface area contributed by atoms with E-state index in [1.54, 1.807) is 6.07 Å². The van der Waals surface area contributed by atoms with Crippen molar-refractivity contribution >= 4 is 33.4 Å². The van der Waals surface area contributed by atoms with Crippen LogP contribution in [0.4, 0.5) is 0 Å². The molecule has 6 nitrogen and oxygen atoms in total. The fourth-order valence-corrected chi connectivity index (χ4v) is 4.43. The van der Waals surface area contributed by atoms with Crippen LogP contribution in [-0.4, -0.2) is 27.5 Å². The van der Waals surface area contributed by atoms with Gasteiger partial charge in [-0.1, -0.05) is 0 Å². The minimum absolute atomic E-state index is 0. The lowest BCUT2D eigenvalue weighted by atomic mass is 10.2. The quantitative estimate of drug-likeness (QED) is 0.802. The number of fused-ring (bicyclic) bond motifs is 2. The molecule has 0 radical (unpaired) electrons. The maximum Gasteiger partial charge on any atom is 0.336 e. The van der Waals surface area contributed by atoms with Gasteiger partial charge in [0.05, 0.1) is 4.90 Å². The van der Waals surface area contributed by atoms with Gasteiger partial charge < -0.3 is 9.73 Å². The molecule has 1 aliphatic carbocycles. The van der Waals surface area contributed by atoms with Gasteiger partial charge in [-0.25, -0.2) is 17.9 Å². The van der Waals surface area contributed by atoms with Crippen molar-refractivity contribution in [1.82, 2.24) is 10.0 Å². The Kier molecular flexibility index (Phi) is 3.76. The molecule has 8 heteroatoms. The number of benzene rings is 1. The van der Waals surface area contributed by atoms with Crippen molar-refractivity contribution in [1.29, 1.82) is 0 Å². The lowest BCUT2D eigenvalue weighted by Crippen LogP contribution is -2.32. The van der Waals surface area contributed by atoms with E-state index in [-0.39, 0.29) is 23.3 Å². The minimum atomic E-state index is -3.54. The number of hydrogen-bond donors (Lipinski definition) is 2. The highest BCUT2D eigenvalue weighted by molar-refractivity contribution is 7.89. The summed E-state index contributed by atoms with van der Waals surface area (Å²) >= 11 is 0. The van der Waals surface area contributed by atoms with E-state index >= 15 is 0 Å². The third-order valence-electron chi connectivity index (χ3n) is 4.28. The van der Waals surface area contributed by atoms with Gasteiger partial charge in [-0.05, 0) is 49.2 Å². The number of rotatable bonds is 3. The second-order valence-corrected chi connectivity index (χ2v) is 7.30. The van der Waals surface area contributed by atoms with E-state index in [0.717, 1.165) is 13.1 Å². The van der Waals surface area contributed by atoms with E-state index in [2.05, 4.69) is 10.0 Å². The topological polar surface area (TPSA) is 88.4 Å². The molecule has 1 aliphatic heterocycles. The second kappa shape index (κ2) is 5.34. The van der Waals surface area contributed by atoms with E-state index in [1.807, 2.05) is 0 Å². The van der Waals surface area contributed by atoms with Gasteiger partial charge in [0, 0.05) is 17.5 Å². The largest absolute Gasteiger partial charge is 0.423 e. The highest BCUT2D eigenvalue weighted by Crippen LogP contribution is 2.42. The van der Waals surface area contributed by atoms with Crippen LogP contribution in [0, 0.1) is 11.8 Å². The first-order valence-corrected chi connectivity index (χ1v) is 8.30. The number of nitrogens with one attached hydrogen (secondary N) is 2. The average molecular weight is 343 g/mol. The lowest BCUT2D eigenvalue weighted by Gasteiger charge is -2.09. The number of piperidine rings is 1. The summed E-state index contributed by atoms with van der Waals surface area (Å²) in [6.07, 6.45) is 0. The predicted molar refractivity (Wildman–Crippen MR) is 83.7 cm³/mol. The first-order chi connectivity index (χ1) is 10.0. The summed E-state index contributed by atoms with van der Waals surface area (Å²) in [6.45, 7) is 1.75. The summed E-state index contributed by atoms with van der Waals surface area (Å²) in [4.78, 5) is 11.3. The molecule has 1 aromatic heterocycles. The fraction of sp³-hybridized carbons (Fsp3) is 0.357. The van der Waals surface area contributed by atoms with Crippen LogP contribution in [0.15, 0.2) is 44.4 Å². The van der Waals surface area contributed by atoms with Gasteiger partial charge in [-0.2, -0.15) is 0 Å². The minimum Gasteiger partial charge on any atom is -0.423 e. The molecule has 0 spiro atoms. The molecule has 2 N–H and O–H groups in total. The van der Waals surface area contributed by atoms with Crippen molar-refractivity contribution in [3.63, 3.8) is 0 Å². The summed E-state index contributed by atoms with van der Waals surface area (Å²) < 4.78 is 32.6. The Hall–Kier alpha value is -1.41. The van der Waals surface area contributed by atoms with Crippen molar-refractivity contribution in [2.24, 2.45) is 11.8 Å². The number of halogens is 1. The van der Waals surface area contributed by atoms with E-state index in [9.17, 15) is 13.2 Å². The normalized spacial score (nSPS) is 26.5. The summed E-state index contributed by atoms with van der Waals surface area (Å²) in [5, 5.41) is 3.82. The van der Waals surface area contributed by atoms with E-state index in [1.165, 1.54) is 24.3 Å². The molecule has 2 unspecified atom stereocenters. The molecular formula is C14H15ClN2O4S. The number of sulfonamides is 1. The molecule has 0 amide bonds. The Balaban J connectivity index is 0.00000144. The van der Waals surface area contributed by atoms with E-state index in [4.69, 9.17) is 4.42 Å². The number of hydrogen-bond acceptors (Lipinski definition) is 5. The van der Waals surface area contributed by atoms with Crippen molar-refractivity contribution in [2.45, 2.75) is 10.9 Å². The predicted octanol–water partition coefficient (Wildman–Crippen LogP) is 0.711. The molecule has 0 bridgehead atoms. The Bertz CT molecular complexity index is 870. The van der Waals surface area contributed by atoms with Gasteiger partial charge in [-0.15, -0.1) is 12.4 Å². The van der Waals surface area contributed by atoms with Crippen LogP contribution in [0.25, 0.3) is 11.0 Å². The fourth-order valence-electron chi connectivity index (χ4n) is 3.06. The summed E-state index contributed by atoms with van der Waals surface area (Å²) in [5.74, 6) is 0.830. The maximum absolute atomic E-state index is 12.4. The summed E-state index contributed by atoms with van der Waals surface area (Å²) in [6, 6.07) is 7.39. The molecule has 2 atom stereocenters. The molecule has 118 valence electrons. The zero-order valence-corrected chi connectivity index (χ0v) is 13.1. The monoisotopic (exact) mass is 342 g/mol. The second-order valence-electron chi connectivity index (χ2n) is 5.59. The van der Waals surface area contributed by atoms with Crippen LogP contribution >= 0.6 is 12.4 Å². The highest BCUT2D eigenvalue weighted by atomic mass is 35.5. The van der Waals surface area contributed by atoms with Crippen molar-refractivity contribution in [2.75, 3.05) is 13.1 Å². The Labute approximate surface area is 133 Å². The first kappa shape index (κ1) is 15.5. The molecule has 2 aromatic rings. The van der Waals surface area contributed by atoms with Gasteiger partial charge in [0.2, 0.25) is 10.0 Å². The summed E-state index contributed by atoms with van der Waals surface area (Å²) in [5.41, 5.74) is -0.0662. The summed E-state index contributed by atoms with van der Waals surface area (Å²) in [7, 11) is -3.54. The molecule has 4 rings (SSSR count). The average Bonchev–Trinajstić information content (AvgIpc) is 2.87. The van der Waals surface area contributed by atoms with Crippen molar-refractivity contribution in [3.8, 4) is 0 Å². The molecule has 22 heavy (non-hydrogen) atoms. The van der Waals surface area contributed by atoms with Gasteiger partial charge in [0.1, 0.15) is 5.58 Å². The molecule has 2 fully saturated rings. The van der Waals surface area contributed by atoms with Gasteiger partial charge >= 0.3 is 5.63 Å². The van der Waals surface area contributed by atoms with E-state index in [0.29, 0.717) is 22.8 Å². The van der Waals surface area contributed by atoms with Crippen LogP contribution in [-0.2, 0) is 10.0 Å². The van der Waals surface area contributed by atoms with E-state index < -0.39 is 15.6 Å². The van der Waals surface area contributed by atoms with Crippen LogP contribution in [0.1, 0.15) is 0 Å². The van der Waals surface area contributed by atoms with Gasteiger partial charge in [-0.3, -0.25) is 0 Å². The van der Waals surface area contributed by atoms with Crippen LogP contribution in [0.3, 0.4) is 0 Å². The maximum atomic E-state index is 12.4. The van der Waals surface area contributed by atoms with Crippen LogP contribution in [0.5, 0.6) is 0 Å². The molecule has 2 heterocycles. The Morgan fingerprint density at radius 3 is 2.59 bits per heavy atom. The third kappa shape index (κ3) is 2.54. The molecule has 2 aliphatic rings. The van der Waals surface area contributed by atoms with Crippen molar-refractivity contribution in [3.05, 3.63) is 40.8 Å². The molecule has 1 saturated heterocycles. The lowest BCUT2D eigenvalue weighted by molar-refractivity contribution is 0.559. The zero-order valence-electron chi connectivity index (χ0n) is 11.5. The Morgan fingerprint density at radius 2 is 1.86 bits per heavy atom. The highest BCUT2D eigenvalue weighted by Gasteiger charge is 2.54. The zero-order chi connectivity index (χ0) is 14.6. The van der Waals surface area contributed by atoms with Gasteiger partial charge in [0.15, 0.2) is 0 Å². The third-order valence-corrected chi connectivity index (χ3v) is 5.74. The van der Waals surface area contributed by atoms with Crippen molar-refractivity contribution < 1.29 is 12.8 Å². The smallest absolute Gasteiger partial charge is 0.336 e. The first-order valence-electron chi connectivity index (χ1n) is 6.81. The Morgan fingerprint density at radius 1 is 1.14 bits per heavy atom. The van der Waals surface area contributed by atoms with Crippen LogP contribution in [0.2, 0.25) is 0 Å².